The lowest BCUT2D eigenvalue weighted by Crippen LogP contribution is -2.25. The predicted octanol–water partition coefficient (Wildman–Crippen LogP) is 5.79. The summed E-state index contributed by atoms with van der Waals surface area (Å²) in [5, 5.41) is 13.1. The number of carbonyl (C=O) groups excluding carboxylic acids is 2. The zero-order valence-corrected chi connectivity index (χ0v) is 21.3. The second-order valence-corrected chi connectivity index (χ2v) is 9.62. The zero-order valence-electron chi connectivity index (χ0n) is 21.3. The van der Waals surface area contributed by atoms with E-state index in [1.165, 1.54) is 5.56 Å². The van der Waals surface area contributed by atoms with E-state index in [9.17, 15) is 14.7 Å². The molecule has 1 amide bonds. The molecule has 1 aromatic rings. The van der Waals surface area contributed by atoms with Crippen LogP contribution in [-0.4, -0.2) is 36.6 Å². The third kappa shape index (κ3) is 10.9. The maximum absolute atomic E-state index is 12.3. The largest absolute Gasteiger partial charge is 0.497 e. The van der Waals surface area contributed by atoms with Crippen molar-refractivity contribution in [2.24, 2.45) is 11.8 Å². The molecule has 1 aliphatic carbocycles. The number of ether oxygens (including phenoxy) is 1. The Morgan fingerprint density at radius 2 is 1.91 bits per heavy atom. The third-order valence-corrected chi connectivity index (χ3v) is 6.90. The number of rotatable bonds is 17. The van der Waals surface area contributed by atoms with Gasteiger partial charge in [-0.2, -0.15) is 0 Å². The number of methoxy groups -OCH3 is 1. The van der Waals surface area contributed by atoms with E-state index in [0.29, 0.717) is 25.2 Å². The number of hydrogen-bond donors (Lipinski definition) is 2. The van der Waals surface area contributed by atoms with Crippen molar-refractivity contribution >= 4 is 11.7 Å². The maximum Gasteiger partial charge on any atom is 0.220 e. The Morgan fingerprint density at radius 1 is 1.15 bits per heavy atom. The fraction of sp³-hybridized carbons (Fsp3) is 0.655. The molecule has 2 rings (SSSR count). The molecule has 190 valence electrons. The molecule has 2 N–H and O–H groups in total. The first-order valence-electron chi connectivity index (χ1n) is 13.3. The number of benzene rings is 1. The van der Waals surface area contributed by atoms with Crippen molar-refractivity contribution in [3.8, 4) is 5.75 Å². The van der Waals surface area contributed by atoms with Gasteiger partial charge < -0.3 is 15.2 Å². The summed E-state index contributed by atoms with van der Waals surface area (Å²) in [4.78, 5) is 24.4. The van der Waals surface area contributed by atoms with Gasteiger partial charge in [0, 0.05) is 25.3 Å². The number of unbranched alkanes of at least 4 members (excludes halogenated alkanes) is 5. The van der Waals surface area contributed by atoms with Crippen molar-refractivity contribution in [1.29, 1.82) is 0 Å². The van der Waals surface area contributed by atoms with Gasteiger partial charge in [0.2, 0.25) is 5.91 Å². The SMILES string of the molecule is CCCCC[C@H](O)C=C[C@H]1CCC(=O)[C@@H]1CCCCCCC(=O)NCCc1ccc(OC)cc1. The summed E-state index contributed by atoms with van der Waals surface area (Å²) < 4.78 is 5.16. The van der Waals surface area contributed by atoms with Gasteiger partial charge in [0.1, 0.15) is 11.5 Å². The molecule has 3 atom stereocenters. The lowest BCUT2D eigenvalue weighted by atomic mass is 9.89. The van der Waals surface area contributed by atoms with Gasteiger partial charge in [-0.1, -0.05) is 69.7 Å². The van der Waals surface area contributed by atoms with E-state index >= 15 is 0 Å². The van der Waals surface area contributed by atoms with E-state index in [4.69, 9.17) is 4.74 Å². The number of aliphatic hydroxyl groups is 1. The molecule has 0 bridgehead atoms. The normalized spacial score (nSPS) is 19.0. The van der Waals surface area contributed by atoms with Crippen molar-refractivity contribution in [3.63, 3.8) is 0 Å². The van der Waals surface area contributed by atoms with Gasteiger partial charge >= 0.3 is 0 Å². The summed E-state index contributed by atoms with van der Waals surface area (Å²) in [6.45, 7) is 2.81. The average molecular weight is 472 g/mol. The molecule has 0 radical (unpaired) electrons. The first-order chi connectivity index (χ1) is 16.5. The molecule has 1 saturated carbocycles. The quantitative estimate of drug-likeness (QED) is 0.223. The van der Waals surface area contributed by atoms with Crippen LogP contribution in [0.4, 0.5) is 0 Å². The Balaban J connectivity index is 1.54. The summed E-state index contributed by atoms with van der Waals surface area (Å²) in [7, 11) is 1.65. The summed E-state index contributed by atoms with van der Waals surface area (Å²) in [5.74, 6) is 1.73. The minimum Gasteiger partial charge on any atom is -0.497 e. The molecule has 0 heterocycles. The Hall–Kier alpha value is -2.14. The second kappa shape index (κ2) is 16.5. The number of amides is 1. The molecule has 5 nitrogen and oxygen atoms in total. The highest BCUT2D eigenvalue weighted by molar-refractivity contribution is 5.83. The van der Waals surface area contributed by atoms with Gasteiger partial charge in [0.05, 0.1) is 13.2 Å². The van der Waals surface area contributed by atoms with Gasteiger partial charge in [0.15, 0.2) is 0 Å². The maximum atomic E-state index is 12.3. The number of Topliss-reactive ketones (excluding diaryl/α,β-unsaturated/α-hetero) is 1. The summed E-state index contributed by atoms with van der Waals surface area (Å²) in [5.41, 5.74) is 1.18. The molecule has 0 aromatic heterocycles. The molecular weight excluding hydrogens is 426 g/mol. The molecule has 1 aliphatic rings. The average Bonchev–Trinajstić information content (AvgIpc) is 3.19. The second-order valence-electron chi connectivity index (χ2n) is 9.62. The monoisotopic (exact) mass is 471 g/mol. The number of carbonyl (C=O) groups is 2. The molecule has 1 aromatic carbocycles. The minimum absolute atomic E-state index is 0.111. The van der Waals surface area contributed by atoms with E-state index in [1.807, 2.05) is 30.3 Å². The van der Waals surface area contributed by atoms with E-state index in [-0.39, 0.29) is 23.8 Å². The topological polar surface area (TPSA) is 75.6 Å². The number of nitrogens with one attached hydrogen (secondary N) is 1. The highest BCUT2D eigenvalue weighted by Gasteiger charge is 2.32. The van der Waals surface area contributed by atoms with Gasteiger partial charge in [-0.25, -0.2) is 0 Å². The van der Waals surface area contributed by atoms with Crippen LogP contribution in [0, 0.1) is 11.8 Å². The summed E-state index contributed by atoms with van der Waals surface area (Å²) >= 11 is 0. The van der Waals surface area contributed by atoms with Gasteiger partial charge in [-0.15, -0.1) is 0 Å². The van der Waals surface area contributed by atoms with E-state index in [2.05, 4.69) is 18.3 Å². The predicted molar refractivity (Wildman–Crippen MR) is 138 cm³/mol. The van der Waals surface area contributed by atoms with Crippen LogP contribution < -0.4 is 10.1 Å². The molecule has 34 heavy (non-hydrogen) atoms. The van der Waals surface area contributed by atoms with E-state index < -0.39 is 0 Å². The van der Waals surface area contributed by atoms with Gasteiger partial charge in [0.25, 0.3) is 0 Å². The van der Waals surface area contributed by atoms with Crippen molar-refractivity contribution in [2.75, 3.05) is 13.7 Å². The Morgan fingerprint density at radius 3 is 2.65 bits per heavy atom. The number of hydrogen-bond acceptors (Lipinski definition) is 4. The lowest BCUT2D eigenvalue weighted by molar-refractivity contribution is -0.121. The van der Waals surface area contributed by atoms with Crippen molar-refractivity contribution in [2.45, 2.75) is 96.5 Å². The summed E-state index contributed by atoms with van der Waals surface area (Å²) in [6.07, 6.45) is 15.7. The molecular formula is C29H45NO4. The number of ketones is 1. The first kappa shape index (κ1) is 28.1. The molecule has 0 unspecified atom stereocenters. The van der Waals surface area contributed by atoms with Crippen LogP contribution in [0.25, 0.3) is 0 Å². The molecule has 0 spiro atoms. The highest BCUT2D eigenvalue weighted by Crippen LogP contribution is 2.34. The molecule has 0 saturated heterocycles. The fourth-order valence-electron chi connectivity index (χ4n) is 4.74. The van der Waals surface area contributed by atoms with Crippen LogP contribution in [0.5, 0.6) is 5.75 Å². The number of allylic oxidation sites excluding steroid dienone is 1. The van der Waals surface area contributed by atoms with Crippen LogP contribution >= 0.6 is 0 Å². The minimum atomic E-state index is -0.384. The van der Waals surface area contributed by atoms with Crippen LogP contribution in [-0.2, 0) is 16.0 Å². The molecule has 5 heteroatoms. The highest BCUT2D eigenvalue weighted by atomic mass is 16.5. The lowest BCUT2D eigenvalue weighted by Gasteiger charge is -2.15. The fourth-order valence-corrected chi connectivity index (χ4v) is 4.74. The van der Waals surface area contributed by atoms with Crippen molar-refractivity contribution in [1.82, 2.24) is 5.32 Å². The van der Waals surface area contributed by atoms with Crippen LogP contribution in [0.3, 0.4) is 0 Å². The van der Waals surface area contributed by atoms with Crippen LogP contribution in [0.1, 0.15) is 89.5 Å². The van der Waals surface area contributed by atoms with Crippen LogP contribution in [0.2, 0.25) is 0 Å². The third-order valence-electron chi connectivity index (χ3n) is 6.90. The molecule has 1 fully saturated rings. The zero-order chi connectivity index (χ0) is 24.6. The Labute approximate surface area is 206 Å². The van der Waals surface area contributed by atoms with Gasteiger partial charge in [-0.05, 0) is 55.7 Å². The Bertz CT molecular complexity index is 743. The van der Waals surface area contributed by atoms with Crippen LogP contribution in [0.15, 0.2) is 36.4 Å². The van der Waals surface area contributed by atoms with E-state index in [0.717, 1.165) is 76.4 Å². The number of aliphatic hydroxyl groups excluding tert-OH is 1. The first-order valence-corrected chi connectivity index (χ1v) is 13.3. The summed E-state index contributed by atoms with van der Waals surface area (Å²) in [6, 6.07) is 7.92. The standard InChI is InChI=1S/C29H45NO4/c1-3-4-7-10-25(31)17-15-24-16-20-28(32)27(24)11-8-5-6-9-12-29(33)30-22-21-23-13-18-26(34-2)19-14-23/h13-15,17-19,24-25,27,31H,3-12,16,20-22H2,1-2H3,(H,30,33)/t24-,25-,27+/m0/s1. The Kier molecular flexibility index (Phi) is 13.6. The van der Waals surface area contributed by atoms with E-state index in [1.54, 1.807) is 7.11 Å². The van der Waals surface area contributed by atoms with Crippen molar-refractivity contribution in [3.05, 3.63) is 42.0 Å². The molecule has 0 aliphatic heterocycles. The smallest absolute Gasteiger partial charge is 0.220 e. The van der Waals surface area contributed by atoms with Crippen molar-refractivity contribution < 1.29 is 19.4 Å². The van der Waals surface area contributed by atoms with Gasteiger partial charge in [-0.3, -0.25) is 9.59 Å².